The maximum atomic E-state index is 13.3. The number of carbonyl (C=O) groups is 3. The van der Waals surface area contributed by atoms with Crippen molar-refractivity contribution in [2.45, 2.75) is 258 Å². The zero-order valence-corrected chi connectivity index (χ0v) is 33.0. The van der Waals surface area contributed by atoms with Crippen molar-refractivity contribution in [1.29, 1.82) is 0 Å². The third kappa shape index (κ3) is 28.6. The Hall–Kier alpha value is -1.23. The molecule has 0 aliphatic heterocycles. The summed E-state index contributed by atoms with van der Waals surface area (Å²) >= 11 is 0. The SMILES string of the molecule is CCCCCCCCCCCCCCCCCC(=O)CC(N)(C(=O)CCCCCCCCCCCCCCCCC)C(=O)OC(C)(C)C. The molecule has 0 aromatic rings. The van der Waals surface area contributed by atoms with Gasteiger partial charge in [0, 0.05) is 19.3 Å². The number of nitrogens with two attached hydrogens (primary N) is 1. The topological polar surface area (TPSA) is 86.5 Å². The van der Waals surface area contributed by atoms with Crippen LogP contribution in [-0.4, -0.2) is 28.7 Å². The van der Waals surface area contributed by atoms with Gasteiger partial charge < -0.3 is 10.5 Å². The molecule has 1 unspecified atom stereocenters. The number of esters is 1. The molecule has 0 aromatic carbocycles. The number of unbranched alkanes of at least 4 members (excludes halogenated alkanes) is 28. The van der Waals surface area contributed by atoms with E-state index < -0.39 is 17.1 Å². The Labute approximate surface area is 299 Å². The lowest BCUT2D eigenvalue weighted by molar-refractivity contribution is -0.165. The molecule has 5 nitrogen and oxygen atoms in total. The van der Waals surface area contributed by atoms with Crippen molar-refractivity contribution in [3.8, 4) is 0 Å². The van der Waals surface area contributed by atoms with Crippen molar-refractivity contribution in [2.24, 2.45) is 5.73 Å². The molecule has 0 radical (unpaired) electrons. The molecule has 0 fully saturated rings. The lowest BCUT2D eigenvalue weighted by atomic mass is 9.85. The fourth-order valence-electron chi connectivity index (χ4n) is 6.63. The molecule has 284 valence electrons. The van der Waals surface area contributed by atoms with Crippen LogP contribution in [0.3, 0.4) is 0 Å². The monoisotopic (exact) mass is 678 g/mol. The number of ketones is 2. The molecule has 0 amide bonds. The first-order valence-electron chi connectivity index (χ1n) is 21.1. The number of carbonyl (C=O) groups excluding carboxylic acids is 3. The summed E-state index contributed by atoms with van der Waals surface area (Å²) in [6.45, 7) is 9.83. The van der Waals surface area contributed by atoms with E-state index in [9.17, 15) is 14.4 Å². The second-order valence-electron chi connectivity index (χ2n) is 16.0. The Bertz CT molecular complexity index is 773. The van der Waals surface area contributed by atoms with Gasteiger partial charge in [-0.3, -0.25) is 9.59 Å². The molecule has 0 rings (SSSR count). The Kier molecular flexibility index (Phi) is 30.9. The molecular weight excluding hydrogens is 594 g/mol. The minimum atomic E-state index is -1.88. The quantitative estimate of drug-likeness (QED) is 0.0405. The highest BCUT2D eigenvalue weighted by atomic mass is 16.6. The summed E-state index contributed by atoms with van der Waals surface area (Å²) in [5.41, 5.74) is 3.82. The number of Topliss-reactive ketones (excluding diaryl/α,β-unsaturated/α-hetero) is 2. The molecule has 1 atom stereocenters. The maximum absolute atomic E-state index is 13.3. The van der Waals surface area contributed by atoms with Gasteiger partial charge in [0.15, 0.2) is 11.3 Å². The Morgan fingerprint density at radius 3 is 1.00 bits per heavy atom. The average Bonchev–Trinajstić information content (AvgIpc) is 3.03. The summed E-state index contributed by atoms with van der Waals surface area (Å²) in [6, 6.07) is 0. The highest BCUT2D eigenvalue weighted by Gasteiger charge is 2.45. The van der Waals surface area contributed by atoms with E-state index in [1.165, 1.54) is 154 Å². The van der Waals surface area contributed by atoms with E-state index in [0.717, 1.165) is 32.1 Å². The lowest BCUT2D eigenvalue weighted by Gasteiger charge is -2.30. The van der Waals surface area contributed by atoms with Crippen LogP contribution in [-0.2, 0) is 19.1 Å². The zero-order chi connectivity index (χ0) is 35.8. The van der Waals surface area contributed by atoms with Gasteiger partial charge in [0.1, 0.15) is 11.4 Å². The molecule has 48 heavy (non-hydrogen) atoms. The molecule has 0 aromatic heterocycles. The normalized spacial score (nSPS) is 13.0. The van der Waals surface area contributed by atoms with Crippen LogP contribution in [0.1, 0.15) is 247 Å². The smallest absolute Gasteiger partial charge is 0.334 e. The summed E-state index contributed by atoms with van der Waals surface area (Å²) in [4.78, 5) is 39.3. The third-order valence-electron chi connectivity index (χ3n) is 9.80. The molecule has 0 saturated carbocycles. The molecule has 0 aliphatic rings. The maximum Gasteiger partial charge on any atom is 0.334 e. The van der Waals surface area contributed by atoms with Crippen molar-refractivity contribution in [3.63, 3.8) is 0 Å². The van der Waals surface area contributed by atoms with E-state index in [2.05, 4.69) is 13.8 Å². The minimum absolute atomic E-state index is 0.108. The molecule has 2 N–H and O–H groups in total. The highest BCUT2D eigenvalue weighted by molar-refractivity contribution is 6.11. The van der Waals surface area contributed by atoms with Crippen LogP contribution in [0.15, 0.2) is 0 Å². The number of hydrogen-bond donors (Lipinski definition) is 1. The van der Waals surface area contributed by atoms with Gasteiger partial charge in [0.25, 0.3) is 0 Å². The Morgan fingerprint density at radius 2 is 0.708 bits per heavy atom. The summed E-state index contributed by atoms with van der Waals surface area (Å²) in [7, 11) is 0. The third-order valence-corrected chi connectivity index (χ3v) is 9.80. The Balaban J connectivity index is 4.20. The Morgan fingerprint density at radius 1 is 0.438 bits per heavy atom. The number of rotatable bonds is 36. The van der Waals surface area contributed by atoms with Crippen molar-refractivity contribution >= 4 is 17.5 Å². The van der Waals surface area contributed by atoms with Gasteiger partial charge >= 0.3 is 5.97 Å². The second-order valence-corrected chi connectivity index (χ2v) is 16.0. The summed E-state index contributed by atoms with van der Waals surface area (Å²) in [5.74, 6) is -1.22. The average molecular weight is 678 g/mol. The van der Waals surface area contributed by atoms with Gasteiger partial charge in [-0.15, -0.1) is 0 Å². The van der Waals surface area contributed by atoms with Crippen LogP contribution < -0.4 is 5.73 Å². The van der Waals surface area contributed by atoms with Crippen LogP contribution in [0.2, 0.25) is 0 Å². The summed E-state index contributed by atoms with van der Waals surface area (Å²) in [6.07, 6.45) is 38.2. The van der Waals surface area contributed by atoms with Crippen molar-refractivity contribution in [1.82, 2.24) is 0 Å². The van der Waals surface area contributed by atoms with E-state index in [0.29, 0.717) is 12.8 Å². The van der Waals surface area contributed by atoms with Crippen molar-refractivity contribution < 1.29 is 19.1 Å². The molecular formula is C43H83NO4. The largest absolute Gasteiger partial charge is 0.458 e. The van der Waals surface area contributed by atoms with Crippen LogP contribution >= 0.6 is 0 Å². The molecule has 0 bridgehead atoms. The van der Waals surface area contributed by atoms with Crippen LogP contribution in [0.4, 0.5) is 0 Å². The van der Waals surface area contributed by atoms with Crippen LogP contribution in [0.25, 0.3) is 0 Å². The van der Waals surface area contributed by atoms with E-state index >= 15 is 0 Å². The van der Waals surface area contributed by atoms with Crippen LogP contribution in [0.5, 0.6) is 0 Å². The second kappa shape index (κ2) is 31.7. The molecule has 0 heterocycles. The molecule has 5 heteroatoms. The van der Waals surface area contributed by atoms with E-state index in [1.54, 1.807) is 20.8 Å². The van der Waals surface area contributed by atoms with E-state index in [1.807, 2.05) is 0 Å². The number of ether oxygens (including phenoxy) is 1. The molecule has 0 aliphatic carbocycles. The van der Waals surface area contributed by atoms with Crippen LogP contribution in [0, 0.1) is 0 Å². The van der Waals surface area contributed by atoms with E-state index in [4.69, 9.17) is 10.5 Å². The molecule has 0 saturated heterocycles. The fraction of sp³-hybridized carbons (Fsp3) is 0.930. The minimum Gasteiger partial charge on any atom is -0.458 e. The first-order chi connectivity index (χ1) is 23.1. The fourth-order valence-corrected chi connectivity index (χ4v) is 6.63. The summed E-state index contributed by atoms with van der Waals surface area (Å²) < 4.78 is 5.55. The van der Waals surface area contributed by atoms with Gasteiger partial charge in [-0.05, 0) is 33.6 Å². The first kappa shape index (κ1) is 46.8. The highest BCUT2D eigenvalue weighted by Crippen LogP contribution is 2.23. The zero-order valence-electron chi connectivity index (χ0n) is 33.0. The van der Waals surface area contributed by atoms with Crippen molar-refractivity contribution in [3.05, 3.63) is 0 Å². The predicted octanol–water partition coefficient (Wildman–Crippen LogP) is 13.1. The van der Waals surface area contributed by atoms with E-state index in [-0.39, 0.29) is 24.4 Å². The van der Waals surface area contributed by atoms with Gasteiger partial charge in [0.2, 0.25) is 0 Å². The van der Waals surface area contributed by atoms with Gasteiger partial charge in [-0.25, -0.2) is 4.79 Å². The lowest BCUT2D eigenvalue weighted by Crippen LogP contribution is -2.58. The van der Waals surface area contributed by atoms with Gasteiger partial charge in [0.05, 0.1) is 0 Å². The predicted molar refractivity (Wildman–Crippen MR) is 206 cm³/mol. The summed E-state index contributed by atoms with van der Waals surface area (Å²) in [5, 5.41) is 0. The molecule has 0 spiro atoms. The standard InChI is InChI=1S/C43H83NO4/c1-6-8-10-12-14-16-18-20-22-24-26-28-30-32-34-36-39(45)38-43(44,41(47)48-42(3,4)5)40(46)37-35-33-31-29-27-25-23-21-19-17-15-13-11-9-7-2/h6-38,44H2,1-5H3. The van der Waals surface area contributed by atoms with Gasteiger partial charge in [-0.2, -0.15) is 0 Å². The number of hydrogen-bond acceptors (Lipinski definition) is 5. The van der Waals surface area contributed by atoms with Crippen molar-refractivity contribution in [2.75, 3.05) is 0 Å². The van der Waals surface area contributed by atoms with Gasteiger partial charge in [-0.1, -0.05) is 194 Å². The first-order valence-corrected chi connectivity index (χ1v) is 21.1.